The van der Waals surface area contributed by atoms with Crippen LogP contribution in [0.5, 0.6) is 0 Å². The number of nitrogens with two attached hydrogens (primary N) is 1. The fourth-order valence-corrected chi connectivity index (χ4v) is 4.10. The van der Waals surface area contributed by atoms with Crippen molar-refractivity contribution in [2.75, 3.05) is 30.7 Å². The predicted octanol–water partition coefficient (Wildman–Crippen LogP) is 2.12. The van der Waals surface area contributed by atoms with Crippen LogP contribution in [0.4, 0.5) is 10.7 Å². The molecule has 0 unspecified atom stereocenters. The van der Waals surface area contributed by atoms with Crippen molar-refractivity contribution < 1.29 is 4.79 Å². The van der Waals surface area contributed by atoms with Gasteiger partial charge in [-0.1, -0.05) is 0 Å². The molecule has 1 aromatic rings. The maximum atomic E-state index is 12.1. The van der Waals surface area contributed by atoms with Crippen LogP contribution in [0.25, 0.3) is 0 Å². The Bertz CT molecular complexity index is 518. The highest BCUT2D eigenvalue weighted by atomic mass is 32.1. The molecule has 2 fully saturated rings. The van der Waals surface area contributed by atoms with Crippen molar-refractivity contribution in [3.63, 3.8) is 0 Å². The molecule has 116 valence electrons. The third-order valence-electron chi connectivity index (χ3n) is 4.19. The zero-order valence-corrected chi connectivity index (χ0v) is 13.3. The summed E-state index contributed by atoms with van der Waals surface area (Å²) in [6, 6.07) is 0.490. The number of hydrogen-bond acceptors (Lipinski definition) is 5. The molecule has 3 rings (SSSR count). The molecular formula is C15H24N4OS. The van der Waals surface area contributed by atoms with Crippen molar-refractivity contribution in [3.8, 4) is 0 Å². The first kappa shape index (κ1) is 14.7. The minimum absolute atomic E-state index is 0.0414. The van der Waals surface area contributed by atoms with Gasteiger partial charge in [0.1, 0.15) is 4.88 Å². The van der Waals surface area contributed by atoms with Crippen molar-refractivity contribution >= 4 is 27.9 Å². The van der Waals surface area contributed by atoms with Gasteiger partial charge in [0, 0.05) is 18.2 Å². The normalized spacial score (nSPS) is 19.5. The van der Waals surface area contributed by atoms with E-state index in [0.717, 1.165) is 30.9 Å². The monoisotopic (exact) mass is 308 g/mol. The van der Waals surface area contributed by atoms with Crippen LogP contribution in [-0.4, -0.2) is 31.6 Å². The van der Waals surface area contributed by atoms with Crippen LogP contribution in [0.2, 0.25) is 0 Å². The van der Waals surface area contributed by atoms with Gasteiger partial charge in [-0.3, -0.25) is 4.79 Å². The second kappa shape index (κ2) is 6.23. The Morgan fingerprint density at radius 2 is 2.05 bits per heavy atom. The molecule has 2 heterocycles. The van der Waals surface area contributed by atoms with Crippen LogP contribution in [0.15, 0.2) is 0 Å². The van der Waals surface area contributed by atoms with E-state index < -0.39 is 0 Å². The molecule has 0 bridgehead atoms. The van der Waals surface area contributed by atoms with Gasteiger partial charge in [0.15, 0.2) is 0 Å². The lowest BCUT2D eigenvalue weighted by Gasteiger charge is -2.24. The second-order valence-corrected chi connectivity index (χ2v) is 6.91. The minimum atomic E-state index is -0.0414. The lowest BCUT2D eigenvalue weighted by atomic mass is 10.1. The van der Waals surface area contributed by atoms with Crippen LogP contribution in [-0.2, 0) is 0 Å². The molecular weight excluding hydrogens is 284 g/mol. The first-order valence-corrected chi connectivity index (χ1v) is 8.70. The van der Waals surface area contributed by atoms with E-state index in [9.17, 15) is 4.79 Å². The van der Waals surface area contributed by atoms with Crippen LogP contribution >= 0.6 is 11.3 Å². The zero-order chi connectivity index (χ0) is 14.8. The maximum absolute atomic E-state index is 12.1. The number of anilines is 2. The van der Waals surface area contributed by atoms with Crippen molar-refractivity contribution in [2.24, 2.45) is 0 Å². The van der Waals surface area contributed by atoms with Crippen LogP contribution in [0.3, 0.4) is 0 Å². The van der Waals surface area contributed by atoms with E-state index in [1.54, 1.807) is 0 Å². The Morgan fingerprint density at radius 1 is 1.33 bits per heavy atom. The first-order valence-electron chi connectivity index (χ1n) is 7.88. The van der Waals surface area contributed by atoms with Crippen LogP contribution in [0.1, 0.15) is 53.8 Å². The third-order valence-corrected chi connectivity index (χ3v) is 5.34. The van der Waals surface area contributed by atoms with Gasteiger partial charge >= 0.3 is 0 Å². The summed E-state index contributed by atoms with van der Waals surface area (Å²) in [5.74, 6) is 0.508. The number of rotatable bonds is 5. The highest BCUT2D eigenvalue weighted by molar-refractivity contribution is 7.18. The number of thiophene rings is 1. The molecule has 1 aromatic heterocycles. The summed E-state index contributed by atoms with van der Waals surface area (Å²) in [5, 5.41) is 11.0. The molecule has 1 aliphatic heterocycles. The molecule has 0 atom stereocenters. The van der Waals surface area contributed by atoms with Gasteiger partial charge in [-0.15, -0.1) is 11.3 Å². The Hall–Kier alpha value is -1.27. The number of nitrogen functional groups attached to an aromatic ring is 1. The zero-order valence-electron chi connectivity index (χ0n) is 12.5. The average Bonchev–Trinajstić information content (AvgIpc) is 3.25. The van der Waals surface area contributed by atoms with Crippen LogP contribution in [0, 0.1) is 0 Å². The van der Waals surface area contributed by atoms with Gasteiger partial charge in [-0.2, -0.15) is 0 Å². The van der Waals surface area contributed by atoms with Gasteiger partial charge in [0.2, 0.25) is 0 Å². The molecule has 21 heavy (non-hydrogen) atoms. The van der Waals surface area contributed by atoms with Crippen molar-refractivity contribution in [1.82, 2.24) is 10.6 Å². The summed E-state index contributed by atoms with van der Waals surface area (Å²) in [5.41, 5.74) is 8.17. The Balaban J connectivity index is 1.83. The fraction of sp³-hybridized carbons (Fsp3) is 0.667. The Morgan fingerprint density at radius 3 is 2.67 bits per heavy atom. The fourth-order valence-electron chi connectivity index (χ4n) is 2.90. The topological polar surface area (TPSA) is 79.2 Å². The summed E-state index contributed by atoms with van der Waals surface area (Å²) in [7, 11) is 0. The predicted molar refractivity (Wildman–Crippen MR) is 88.2 cm³/mol. The smallest absolute Gasteiger partial charge is 0.263 e. The quantitative estimate of drug-likeness (QED) is 0.672. The summed E-state index contributed by atoms with van der Waals surface area (Å²) in [4.78, 5) is 12.8. The van der Waals surface area contributed by atoms with Crippen LogP contribution < -0.4 is 21.7 Å². The highest BCUT2D eigenvalue weighted by Gasteiger charge is 2.33. The first-order chi connectivity index (χ1) is 10.2. The molecule has 2 aliphatic rings. The molecule has 5 nitrogen and oxygen atoms in total. The minimum Gasteiger partial charge on any atom is -0.397 e. The van der Waals surface area contributed by atoms with Gasteiger partial charge in [0.25, 0.3) is 5.91 Å². The van der Waals surface area contributed by atoms with E-state index in [-0.39, 0.29) is 5.91 Å². The standard InChI is InChI=1S/C15H24N4OS/c1-2-18-14(20)13-12(16)11(9-3-4-9)15(21-13)19-10-5-7-17-8-6-10/h9-10,17,19H,2-8,16H2,1H3,(H,18,20). The van der Waals surface area contributed by atoms with Gasteiger partial charge < -0.3 is 21.7 Å². The summed E-state index contributed by atoms with van der Waals surface area (Å²) in [6.45, 7) is 4.67. The lowest BCUT2D eigenvalue weighted by molar-refractivity contribution is 0.0960. The average molecular weight is 308 g/mol. The molecule has 0 spiro atoms. The number of carbonyl (C=O) groups is 1. The Kier molecular flexibility index (Phi) is 4.35. The number of nitrogens with one attached hydrogen (secondary N) is 3. The Labute approximate surface area is 129 Å². The van der Waals surface area contributed by atoms with E-state index in [4.69, 9.17) is 5.73 Å². The summed E-state index contributed by atoms with van der Waals surface area (Å²) >= 11 is 1.53. The number of piperidine rings is 1. The molecule has 1 aliphatic carbocycles. The summed E-state index contributed by atoms with van der Waals surface area (Å²) < 4.78 is 0. The van der Waals surface area contributed by atoms with Gasteiger partial charge in [-0.25, -0.2) is 0 Å². The number of amides is 1. The van der Waals surface area contributed by atoms with Crippen molar-refractivity contribution in [3.05, 3.63) is 10.4 Å². The lowest BCUT2D eigenvalue weighted by Crippen LogP contribution is -2.35. The number of carbonyl (C=O) groups excluding carboxylic acids is 1. The van der Waals surface area contributed by atoms with E-state index >= 15 is 0 Å². The molecule has 5 N–H and O–H groups in total. The maximum Gasteiger partial charge on any atom is 0.263 e. The molecule has 1 saturated carbocycles. The summed E-state index contributed by atoms with van der Waals surface area (Å²) in [6.07, 6.45) is 4.63. The molecule has 0 radical (unpaired) electrons. The molecule has 0 aromatic carbocycles. The van der Waals surface area contributed by atoms with Crippen molar-refractivity contribution in [1.29, 1.82) is 0 Å². The van der Waals surface area contributed by atoms with Crippen molar-refractivity contribution in [2.45, 2.75) is 44.6 Å². The largest absolute Gasteiger partial charge is 0.397 e. The number of hydrogen-bond donors (Lipinski definition) is 4. The van der Waals surface area contributed by atoms with E-state index in [1.807, 2.05) is 6.92 Å². The third kappa shape index (κ3) is 3.16. The van der Waals surface area contributed by atoms with Gasteiger partial charge in [0.05, 0.1) is 10.7 Å². The van der Waals surface area contributed by atoms with E-state index in [2.05, 4.69) is 16.0 Å². The molecule has 1 saturated heterocycles. The SMILES string of the molecule is CCNC(=O)c1sc(NC2CCNCC2)c(C2CC2)c1N. The van der Waals surface area contributed by atoms with Gasteiger partial charge in [-0.05, 0) is 51.6 Å². The molecule has 1 amide bonds. The molecule has 6 heteroatoms. The van der Waals surface area contributed by atoms with E-state index in [1.165, 1.54) is 29.7 Å². The second-order valence-electron chi connectivity index (χ2n) is 5.89. The highest BCUT2D eigenvalue weighted by Crippen LogP contribution is 2.51. The van der Waals surface area contributed by atoms with E-state index in [0.29, 0.717) is 29.1 Å².